The number of carbonyl (C=O) groups excluding carboxylic acids is 1. The fourth-order valence-corrected chi connectivity index (χ4v) is 2.04. The van der Waals surface area contributed by atoms with Gasteiger partial charge in [-0.3, -0.25) is 4.79 Å². The summed E-state index contributed by atoms with van der Waals surface area (Å²) in [6.45, 7) is 5.67. The van der Waals surface area contributed by atoms with Gasteiger partial charge in [0.05, 0.1) is 13.5 Å². The Kier molecular flexibility index (Phi) is 6.52. The van der Waals surface area contributed by atoms with Crippen LogP contribution in [0.3, 0.4) is 0 Å². The molecule has 0 radical (unpaired) electrons. The van der Waals surface area contributed by atoms with Gasteiger partial charge in [0, 0.05) is 6.54 Å². The summed E-state index contributed by atoms with van der Waals surface area (Å²) in [6.07, 6.45) is 2.38. The van der Waals surface area contributed by atoms with E-state index < -0.39 is 0 Å². The van der Waals surface area contributed by atoms with E-state index in [1.54, 1.807) is 7.11 Å². The molecule has 1 aromatic rings. The van der Waals surface area contributed by atoms with E-state index in [9.17, 15) is 4.79 Å². The van der Waals surface area contributed by atoms with E-state index in [4.69, 9.17) is 10.5 Å². The molecule has 0 aliphatic carbocycles. The lowest BCUT2D eigenvalue weighted by atomic mass is 9.87. The lowest BCUT2D eigenvalue weighted by molar-refractivity contribution is -0.120. The lowest BCUT2D eigenvalue weighted by Gasteiger charge is -2.24. The molecule has 1 rings (SSSR count). The molecule has 0 unspecified atom stereocenters. The van der Waals surface area contributed by atoms with Gasteiger partial charge in [-0.15, -0.1) is 0 Å². The fraction of sp³-hybridized carbons (Fsp3) is 0.562. The molecule has 112 valence electrons. The van der Waals surface area contributed by atoms with Crippen LogP contribution in [-0.2, 0) is 11.2 Å². The molecule has 4 nitrogen and oxygen atoms in total. The van der Waals surface area contributed by atoms with E-state index in [0.29, 0.717) is 19.5 Å². The molecule has 20 heavy (non-hydrogen) atoms. The zero-order valence-corrected chi connectivity index (χ0v) is 12.7. The smallest absolute Gasteiger partial charge is 0.224 e. The second kappa shape index (κ2) is 7.90. The third-order valence-corrected chi connectivity index (χ3v) is 3.32. The van der Waals surface area contributed by atoms with Crippen molar-refractivity contribution in [2.24, 2.45) is 11.1 Å². The van der Waals surface area contributed by atoms with Gasteiger partial charge in [0.15, 0.2) is 0 Å². The predicted molar refractivity (Wildman–Crippen MR) is 81.8 cm³/mol. The highest BCUT2D eigenvalue weighted by Crippen LogP contribution is 2.20. The van der Waals surface area contributed by atoms with E-state index in [-0.39, 0.29) is 11.3 Å². The molecule has 0 aromatic heterocycles. The van der Waals surface area contributed by atoms with Crippen molar-refractivity contribution < 1.29 is 9.53 Å². The minimum Gasteiger partial charge on any atom is -0.497 e. The number of nitrogens with one attached hydrogen (secondary N) is 1. The summed E-state index contributed by atoms with van der Waals surface area (Å²) >= 11 is 0. The van der Waals surface area contributed by atoms with E-state index in [2.05, 4.69) is 19.2 Å². The first-order chi connectivity index (χ1) is 9.46. The number of hydrogen-bond donors (Lipinski definition) is 2. The van der Waals surface area contributed by atoms with E-state index in [0.717, 1.165) is 24.2 Å². The number of amides is 1. The van der Waals surface area contributed by atoms with Crippen LogP contribution in [0, 0.1) is 5.41 Å². The maximum Gasteiger partial charge on any atom is 0.224 e. The Labute approximate surface area is 121 Å². The quantitative estimate of drug-likeness (QED) is 0.765. The van der Waals surface area contributed by atoms with Crippen molar-refractivity contribution in [3.05, 3.63) is 29.8 Å². The molecule has 0 fully saturated rings. The van der Waals surface area contributed by atoms with Gasteiger partial charge in [0.25, 0.3) is 0 Å². The number of methoxy groups -OCH3 is 1. The first-order valence-corrected chi connectivity index (χ1v) is 7.06. The summed E-state index contributed by atoms with van der Waals surface area (Å²) in [5.41, 5.74) is 6.57. The molecule has 0 spiro atoms. The molecule has 3 N–H and O–H groups in total. The van der Waals surface area contributed by atoms with Gasteiger partial charge in [0.1, 0.15) is 5.75 Å². The highest BCUT2D eigenvalue weighted by atomic mass is 16.5. The monoisotopic (exact) mass is 278 g/mol. The number of benzene rings is 1. The van der Waals surface area contributed by atoms with E-state index in [1.165, 1.54) is 0 Å². The third-order valence-electron chi connectivity index (χ3n) is 3.32. The molecule has 4 heteroatoms. The second-order valence-electron chi connectivity index (χ2n) is 5.86. The van der Waals surface area contributed by atoms with Gasteiger partial charge >= 0.3 is 0 Å². The Morgan fingerprint density at radius 2 is 2.15 bits per heavy atom. The number of nitrogens with two attached hydrogens (primary N) is 1. The van der Waals surface area contributed by atoms with Crippen molar-refractivity contribution in [2.45, 2.75) is 33.1 Å². The summed E-state index contributed by atoms with van der Waals surface area (Å²) in [4.78, 5) is 12.0. The minimum atomic E-state index is 0.0408. The van der Waals surface area contributed by atoms with Crippen LogP contribution in [-0.4, -0.2) is 26.1 Å². The maximum absolute atomic E-state index is 12.0. The number of rotatable bonds is 8. The largest absolute Gasteiger partial charge is 0.497 e. The first-order valence-electron chi connectivity index (χ1n) is 7.06. The third kappa shape index (κ3) is 6.06. The number of carbonyl (C=O) groups is 1. The van der Waals surface area contributed by atoms with Gasteiger partial charge in [-0.05, 0) is 42.5 Å². The zero-order valence-electron chi connectivity index (χ0n) is 12.7. The summed E-state index contributed by atoms with van der Waals surface area (Å²) < 4.78 is 5.15. The maximum atomic E-state index is 12.0. The minimum absolute atomic E-state index is 0.0408. The van der Waals surface area contributed by atoms with Crippen LogP contribution in [0.1, 0.15) is 32.3 Å². The topological polar surface area (TPSA) is 64.3 Å². The van der Waals surface area contributed by atoms with Gasteiger partial charge in [-0.25, -0.2) is 0 Å². The van der Waals surface area contributed by atoms with Crippen molar-refractivity contribution in [3.63, 3.8) is 0 Å². The van der Waals surface area contributed by atoms with Crippen LogP contribution >= 0.6 is 0 Å². The number of hydrogen-bond acceptors (Lipinski definition) is 3. The van der Waals surface area contributed by atoms with Crippen LogP contribution < -0.4 is 15.8 Å². The number of ether oxygens (including phenoxy) is 1. The summed E-state index contributed by atoms with van der Waals surface area (Å²) in [6, 6.07) is 7.59. The molecule has 1 amide bonds. The second-order valence-corrected chi connectivity index (χ2v) is 5.86. The Hall–Kier alpha value is -1.55. The molecule has 0 aliphatic heterocycles. The molecule has 0 bridgehead atoms. The zero-order chi connectivity index (χ0) is 15.0. The van der Waals surface area contributed by atoms with Crippen LogP contribution in [0.15, 0.2) is 24.3 Å². The molecule has 0 saturated heterocycles. The summed E-state index contributed by atoms with van der Waals surface area (Å²) in [7, 11) is 1.62. The molecule has 0 atom stereocenters. The molecular formula is C16H26N2O2. The molecule has 0 saturated carbocycles. The van der Waals surface area contributed by atoms with Crippen molar-refractivity contribution in [2.75, 3.05) is 20.2 Å². The van der Waals surface area contributed by atoms with Crippen LogP contribution in [0.25, 0.3) is 0 Å². The van der Waals surface area contributed by atoms with Gasteiger partial charge in [0.2, 0.25) is 5.91 Å². The Bertz CT molecular complexity index is 430. The highest BCUT2D eigenvalue weighted by Gasteiger charge is 2.18. The summed E-state index contributed by atoms with van der Waals surface area (Å²) in [5, 5.41) is 3.00. The normalized spacial score (nSPS) is 11.2. The van der Waals surface area contributed by atoms with Crippen molar-refractivity contribution in [3.8, 4) is 5.75 Å². The Morgan fingerprint density at radius 1 is 1.40 bits per heavy atom. The molecule has 1 aromatic carbocycles. The SMILES string of the molecule is COc1cccc(CC(=O)NCC(C)(C)CCCN)c1. The highest BCUT2D eigenvalue weighted by molar-refractivity contribution is 5.78. The van der Waals surface area contributed by atoms with E-state index in [1.807, 2.05) is 24.3 Å². The average molecular weight is 278 g/mol. The van der Waals surface area contributed by atoms with Crippen molar-refractivity contribution in [1.29, 1.82) is 0 Å². The van der Waals surface area contributed by atoms with Gasteiger partial charge in [-0.2, -0.15) is 0 Å². The predicted octanol–water partition coefficient (Wildman–Crippen LogP) is 2.12. The van der Waals surface area contributed by atoms with Crippen LogP contribution in [0.2, 0.25) is 0 Å². The standard InChI is InChI=1S/C16H26N2O2/c1-16(2,8-5-9-17)12-18-15(19)11-13-6-4-7-14(10-13)20-3/h4,6-7,10H,5,8-9,11-12,17H2,1-3H3,(H,18,19). The lowest BCUT2D eigenvalue weighted by Crippen LogP contribution is -2.35. The Balaban J connectivity index is 2.43. The fourth-order valence-electron chi connectivity index (χ4n) is 2.04. The molecule has 0 heterocycles. The van der Waals surface area contributed by atoms with Gasteiger partial charge in [-0.1, -0.05) is 26.0 Å². The summed E-state index contributed by atoms with van der Waals surface area (Å²) in [5.74, 6) is 0.817. The molecule has 0 aliphatic rings. The Morgan fingerprint density at radius 3 is 2.80 bits per heavy atom. The van der Waals surface area contributed by atoms with Crippen molar-refractivity contribution in [1.82, 2.24) is 5.32 Å². The first kappa shape index (κ1) is 16.5. The van der Waals surface area contributed by atoms with Gasteiger partial charge < -0.3 is 15.8 Å². The van der Waals surface area contributed by atoms with E-state index >= 15 is 0 Å². The van der Waals surface area contributed by atoms with Crippen molar-refractivity contribution >= 4 is 5.91 Å². The van der Waals surface area contributed by atoms with Crippen LogP contribution in [0.4, 0.5) is 0 Å². The molecular weight excluding hydrogens is 252 g/mol. The average Bonchev–Trinajstić information content (AvgIpc) is 2.43. The van der Waals surface area contributed by atoms with Crippen LogP contribution in [0.5, 0.6) is 5.75 Å².